The molecular weight excluding hydrogens is 355 g/mol. The molecule has 1 unspecified atom stereocenters. The molecular formula is C15H17IO3. The zero-order valence-corrected chi connectivity index (χ0v) is 13.1. The maximum Gasteiger partial charge on any atom is 0.319 e. The number of carbonyl (C=O) groups is 1. The Hall–Kier alpha value is -0.780. The van der Waals surface area contributed by atoms with Crippen molar-refractivity contribution in [1.29, 1.82) is 0 Å². The van der Waals surface area contributed by atoms with Crippen molar-refractivity contribution in [1.82, 2.24) is 0 Å². The molecule has 2 aromatic rings. The van der Waals surface area contributed by atoms with Gasteiger partial charge in [-0.25, -0.2) is 0 Å². The van der Waals surface area contributed by atoms with Crippen LogP contribution in [0.4, 0.5) is 0 Å². The van der Waals surface area contributed by atoms with Gasteiger partial charge in [0.15, 0.2) is 0 Å². The lowest BCUT2D eigenvalue weighted by Gasteiger charge is -2.29. The average molecular weight is 372 g/mol. The molecule has 2 bridgehead atoms. The van der Waals surface area contributed by atoms with Crippen LogP contribution < -0.4 is 0 Å². The molecule has 0 radical (unpaired) electrons. The van der Waals surface area contributed by atoms with Gasteiger partial charge >= 0.3 is 5.97 Å². The van der Waals surface area contributed by atoms with E-state index in [2.05, 4.69) is 22.6 Å². The summed E-state index contributed by atoms with van der Waals surface area (Å²) in [6.07, 6.45) is 4.83. The van der Waals surface area contributed by atoms with E-state index in [-0.39, 0.29) is 9.89 Å². The van der Waals surface area contributed by atoms with E-state index in [1.807, 2.05) is 25.1 Å². The molecule has 0 N–H and O–H groups in total. The van der Waals surface area contributed by atoms with Crippen LogP contribution in [0, 0.1) is 0 Å². The molecule has 0 amide bonds. The number of carbonyl (C=O) groups excluding carboxylic acids is 1. The number of esters is 1. The van der Waals surface area contributed by atoms with Crippen LogP contribution in [0.3, 0.4) is 0 Å². The smallest absolute Gasteiger partial charge is 0.319 e. The van der Waals surface area contributed by atoms with Crippen molar-refractivity contribution < 1.29 is 13.9 Å². The quantitative estimate of drug-likeness (QED) is 0.454. The second-order valence-electron chi connectivity index (χ2n) is 5.26. The van der Waals surface area contributed by atoms with Gasteiger partial charge in [0, 0.05) is 5.56 Å². The summed E-state index contributed by atoms with van der Waals surface area (Å²) in [6.45, 7) is 2.01. The number of hydrogen-bond acceptors (Lipinski definition) is 3. The van der Waals surface area contributed by atoms with Crippen molar-refractivity contribution >= 4 is 39.7 Å². The van der Waals surface area contributed by atoms with E-state index in [1.54, 1.807) is 0 Å². The number of benzene rings is 1. The summed E-state index contributed by atoms with van der Waals surface area (Å²) in [5.41, 5.74) is 2.35. The molecule has 2 aromatic heterocycles. The van der Waals surface area contributed by atoms with Crippen molar-refractivity contribution in [3.05, 3.63) is 23.8 Å². The normalized spacial score (nSPS) is 19.9. The van der Waals surface area contributed by atoms with Gasteiger partial charge in [-0.15, -0.1) is 0 Å². The molecule has 102 valence electrons. The minimum absolute atomic E-state index is 0.0663. The third-order valence-electron chi connectivity index (χ3n) is 3.99. The van der Waals surface area contributed by atoms with Crippen LogP contribution in [0.5, 0.6) is 0 Å². The Kier molecular flexibility index (Phi) is 3.45. The second kappa shape index (κ2) is 4.96. The minimum Gasteiger partial charge on any atom is -0.457 e. The molecule has 0 spiro atoms. The van der Waals surface area contributed by atoms with Gasteiger partial charge in [0.25, 0.3) is 0 Å². The highest BCUT2D eigenvalue weighted by atomic mass is 127. The number of fused-ring (bicyclic) bond motifs is 2. The molecule has 1 atom stereocenters. The summed E-state index contributed by atoms with van der Waals surface area (Å²) in [4.78, 5) is 12.2. The van der Waals surface area contributed by atoms with Crippen LogP contribution in [-0.4, -0.2) is 9.89 Å². The number of alkyl halides is 1. The first-order valence-corrected chi connectivity index (χ1v) is 8.08. The van der Waals surface area contributed by atoms with E-state index in [0.717, 1.165) is 48.8 Å². The van der Waals surface area contributed by atoms with Gasteiger partial charge in [-0.1, -0.05) is 29.5 Å². The Morgan fingerprint density at radius 3 is 2.74 bits per heavy atom. The van der Waals surface area contributed by atoms with Crippen LogP contribution in [0.2, 0.25) is 0 Å². The van der Waals surface area contributed by atoms with Crippen LogP contribution in [0.15, 0.2) is 22.6 Å². The largest absolute Gasteiger partial charge is 0.457 e. The standard InChI is InChI=1S/C15H17IO3/c1-2-12(16)14(17)19-15(7-3-4-8-15)11-9-10-5-6-13(11)18-10/h5-6,9,12H,2-4,7-8H2,1H3. The van der Waals surface area contributed by atoms with Crippen LogP contribution in [0.25, 0.3) is 11.2 Å². The van der Waals surface area contributed by atoms with E-state index < -0.39 is 5.60 Å². The lowest BCUT2D eigenvalue weighted by Crippen LogP contribution is -2.32. The zero-order chi connectivity index (χ0) is 13.5. The van der Waals surface area contributed by atoms with E-state index in [1.165, 1.54) is 0 Å². The molecule has 4 heteroatoms. The molecule has 1 fully saturated rings. The van der Waals surface area contributed by atoms with Crippen molar-refractivity contribution in [3.63, 3.8) is 0 Å². The minimum atomic E-state index is -0.447. The highest BCUT2D eigenvalue weighted by molar-refractivity contribution is 14.1. The molecule has 19 heavy (non-hydrogen) atoms. The van der Waals surface area contributed by atoms with Crippen LogP contribution in [0.1, 0.15) is 44.6 Å². The van der Waals surface area contributed by atoms with Gasteiger partial charge in [-0.2, -0.15) is 0 Å². The van der Waals surface area contributed by atoms with E-state index in [4.69, 9.17) is 9.15 Å². The predicted molar refractivity (Wildman–Crippen MR) is 81.7 cm³/mol. The van der Waals surface area contributed by atoms with Gasteiger partial charge in [0.1, 0.15) is 20.7 Å². The molecule has 1 saturated carbocycles. The fourth-order valence-corrected chi connectivity index (χ4v) is 3.07. The lowest BCUT2D eigenvalue weighted by atomic mass is 9.92. The first kappa shape index (κ1) is 13.2. The molecule has 0 aliphatic heterocycles. The summed E-state index contributed by atoms with van der Waals surface area (Å²) in [6, 6.07) is 5.96. The molecule has 1 aliphatic rings. The zero-order valence-electron chi connectivity index (χ0n) is 10.9. The number of rotatable bonds is 4. The first-order chi connectivity index (χ1) is 9.14. The Morgan fingerprint density at radius 2 is 2.21 bits per heavy atom. The van der Waals surface area contributed by atoms with E-state index >= 15 is 0 Å². The summed E-state index contributed by atoms with van der Waals surface area (Å²) in [5.74, 6) is -0.0942. The Morgan fingerprint density at radius 1 is 1.47 bits per heavy atom. The van der Waals surface area contributed by atoms with E-state index in [9.17, 15) is 4.79 Å². The van der Waals surface area contributed by atoms with Crippen molar-refractivity contribution in [2.24, 2.45) is 0 Å². The monoisotopic (exact) mass is 372 g/mol. The van der Waals surface area contributed by atoms with E-state index in [0.29, 0.717) is 0 Å². The summed E-state index contributed by atoms with van der Waals surface area (Å²) >= 11 is 2.16. The fraction of sp³-hybridized carbons (Fsp3) is 0.533. The summed E-state index contributed by atoms with van der Waals surface area (Å²) in [7, 11) is 0. The Labute approximate surface area is 126 Å². The SMILES string of the molecule is CCC(I)C(=O)OC1(c2cc3ccc2o3)CCCC1. The highest BCUT2D eigenvalue weighted by Crippen LogP contribution is 2.46. The molecule has 3 nitrogen and oxygen atoms in total. The summed E-state index contributed by atoms with van der Waals surface area (Å²) < 4.78 is 11.5. The molecule has 0 aromatic carbocycles. The second-order valence-corrected chi connectivity index (χ2v) is 6.76. The molecule has 3 rings (SSSR count). The third kappa shape index (κ3) is 2.24. The number of halogens is 1. The predicted octanol–water partition coefficient (Wildman–Crippen LogP) is 4.40. The van der Waals surface area contributed by atoms with Gasteiger partial charge in [-0.3, -0.25) is 4.79 Å². The van der Waals surface area contributed by atoms with Gasteiger partial charge < -0.3 is 9.15 Å². The van der Waals surface area contributed by atoms with Crippen LogP contribution >= 0.6 is 22.6 Å². The maximum absolute atomic E-state index is 12.2. The van der Waals surface area contributed by atoms with Crippen molar-refractivity contribution in [2.45, 2.75) is 48.6 Å². The maximum atomic E-state index is 12.2. The van der Waals surface area contributed by atoms with Gasteiger partial charge in [0.05, 0.1) is 0 Å². The van der Waals surface area contributed by atoms with Crippen molar-refractivity contribution in [3.8, 4) is 0 Å². The molecule has 0 saturated heterocycles. The van der Waals surface area contributed by atoms with Gasteiger partial charge in [-0.05, 0) is 50.3 Å². The third-order valence-corrected chi connectivity index (χ3v) is 5.38. The summed E-state index contributed by atoms with van der Waals surface area (Å²) in [5, 5.41) is 0. The lowest BCUT2D eigenvalue weighted by molar-refractivity contribution is -0.159. The number of ether oxygens (including phenoxy) is 1. The topological polar surface area (TPSA) is 39.4 Å². The van der Waals surface area contributed by atoms with Crippen LogP contribution in [-0.2, 0) is 15.1 Å². The Bertz CT molecular complexity index is 568. The Balaban J connectivity index is 1.91. The fourth-order valence-electron chi connectivity index (χ4n) is 2.94. The first-order valence-electron chi connectivity index (χ1n) is 6.84. The molecule has 1 aliphatic carbocycles. The number of hydrogen-bond donors (Lipinski definition) is 0. The number of furan rings is 2. The van der Waals surface area contributed by atoms with Crippen molar-refractivity contribution in [2.75, 3.05) is 0 Å². The average Bonchev–Trinajstić information content (AvgIpc) is 3.13. The highest BCUT2D eigenvalue weighted by Gasteiger charge is 2.42. The van der Waals surface area contributed by atoms with Gasteiger partial charge in [0.2, 0.25) is 0 Å². The molecule has 2 heterocycles.